The second-order valence-corrected chi connectivity index (χ2v) is 10.1. The average Bonchev–Trinajstić information content (AvgIpc) is 3.57. The number of carbonyl (C=O) groups excluding carboxylic acids is 1. The Kier molecular flexibility index (Phi) is 6.96. The van der Waals surface area contributed by atoms with Crippen LogP contribution in [0.3, 0.4) is 0 Å². The van der Waals surface area contributed by atoms with E-state index in [2.05, 4.69) is 68.6 Å². The van der Waals surface area contributed by atoms with E-state index in [1.54, 1.807) is 0 Å². The summed E-state index contributed by atoms with van der Waals surface area (Å²) < 4.78 is 5.80. The molecule has 5 rings (SSSR count). The van der Waals surface area contributed by atoms with Crippen LogP contribution in [0.25, 0.3) is 0 Å². The van der Waals surface area contributed by atoms with Gasteiger partial charge in [-0.3, -0.25) is 10.2 Å². The molecule has 1 amide bonds. The van der Waals surface area contributed by atoms with Crippen molar-refractivity contribution < 1.29 is 9.53 Å². The number of amidine groups is 1. The summed E-state index contributed by atoms with van der Waals surface area (Å²) in [6.45, 7) is 2.94. The highest BCUT2D eigenvalue weighted by Crippen LogP contribution is 2.35. The second kappa shape index (κ2) is 10.3. The van der Waals surface area contributed by atoms with Crippen LogP contribution < -0.4 is 20.9 Å². The minimum Gasteiger partial charge on any atom is -0.494 e. The van der Waals surface area contributed by atoms with Gasteiger partial charge in [0.25, 0.3) is 0 Å². The Morgan fingerprint density at radius 3 is 2.85 bits per heavy atom. The van der Waals surface area contributed by atoms with E-state index in [-0.39, 0.29) is 24.2 Å². The van der Waals surface area contributed by atoms with E-state index in [0.29, 0.717) is 11.8 Å². The molecular formula is C24H34N6O2S. The Hall–Kier alpha value is -2.39. The van der Waals surface area contributed by atoms with Gasteiger partial charge >= 0.3 is 0 Å². The van der Waals surface area contributed by atoms with E-state index < -0.39 is 0 Å². The summed E-state index contributed by atoms with van der Waals surface area (Å²) in [7, 11) is 0. The van der Waals surface area contributed by atoms with E-state index in [9.17, 15) is 4.79 Å². The summed E-state index contributed by atoms with van der Waals surface area (Å²) in [4.78, 5) is 14.5. The largest absolute Gasteiger partial charge is 0.494 e. The normalized spacial score (nSPS) is 26.1. The molecule has 9 heteroatoms. The minimum atomic E-state index is 0.0598. The molecule has 33 heavy (non-hydrogen) atoms. The highest BCUT2D eigenvalue weighted by molar-refractivity contribution is 8.14. The number of carbonyl (C=O) groups is 1. The zero-order chi connectivity index (χ0) is 22.6. The topological polar surface area (TPSA) is 81.2 Å². The van der Waals surface area contributed by atoms with Crippen molar-refractivity contribution in [3.63, 3.8) is 0 Å². The van der Waals surface area contributed by atoms with Crippen molar-refractivity contribution >= 4 is 22.8 Å². The van der Waals surface area contributed by atoms with Crippen molar-refractivity contribution in [3.05, 3.63) is 42.2 Å². The first-order valence-electron chi connectivity index (χ1n) is 12.2. The zero-order valence-electron chi connectivity index (χ0n) is 19.2. The van der Waals surface area contributed by atoms with Crippen LogP contribution in [0.5, 0.6) is 5.75 Å². The number of hydrogen-bond donors (Lipinski definition) is 3. The highest BCUT2D eigenvalue weighted by atomic mass is 32.2. The van der Waals surface area contributed by atoms with Gasteiger partial charge in [0.2, 0.25) is 5.91 Å². The zero-order valence-corrected chi connectivity index (χ0v) is 20.0. The first-order valence-corrected chi connectivity index (χ1v) is 13.2. The smallest absolute Gasteiger partial charge is 0.230 e. The predicted molar refractivity (Wildman–Crippen MR) is 131 cm³/mol. The van der Waals surface area contributed by atoms with Crippen molar-refractivity contribution in [2.24, 2.45) is 5.10 Å². The van der Waals surface area contributed by atoms with Gasteiger partial charge in [-0.2, -0.15) is 5.10 Å². The Morgan fingerprint density at radius 1 is 1.24 bits per heavy atom. The van der Waals surface area contributed by atoms with Gasteiger partial charge in [-0.25, -0.2) is 5.43 Å². The molecule has 2 fully saturated rings. The Bertz CT molecular complexity index is 885. The van der Waals surface area contributed by atoms with Gasteiger partial charge in [0, 0.05) is 18.4 Å². The van der Waals surface area contributed by atoms with Gasteiger partial charge in [-0.15, -0.1) is 0 Å². The van der Waals surface area contributed by atoms with Gasteiger partial charge in [-0.1, -0.05) is 50.1 Å². The SMILES string of the molecule is CCCCOc1ccc(C2CC3C4NN=C(SCC(=O)NC5CCCC5)N4C=CN3N2)cc1. The number of amides is 1. The molecule has 3 N–H and O–H groups in total. The lowest BCUT2D eigenvalue weighted by atomic mass is 10.00. The fourth-order valence-electron chi connectivity index (χ4n) is 4.97. The molecule has 3 atom stereocenters. The number of rotatable bonds is 8. The van der Waals surface area contributed by atoms with Gasteiger partial charge in [-0.05, 0) is 43.4 Å². The number of ether oxygens (including phenoxy) is 1. The van der Waals surface area contributed by atoms with Crippen LogP contribution in [-0.4, -0.2) is 51.6 Å². The lowest BCUT2D eigenvalue weighted by Gasteiger charge is -2.36. The van der Waals surface area contributed by atoms with E-state index in [1.165, 1.54) is 30.2 Å². The summed E-state index contributed by atoms with van der Waals surface area (Å²) in [6, 6.07) is 9.28. The standard InChI is InChI=1S/C24H34N6O2S/c1-2-3-14-32-19-10-8-17(9-11-19)20-15-21-23-26-27-24(29(23)12-13-30(21)28-20)33-16-22(31)25-18-6-4-5-7-18/h8-13,18,20-21,23,26,28H,2-7,14-16H2,1H3,(H,25,31). The molecule has 3 aliphatic heterocycles. The molecule has 1 saturated heterocycles. The van der Waals surface area contributed by atoms with Gasteiger partial charge < -0.3 is 20.0 Å². The van der Waals surface area contributed by atoms with Crippen LogP contribution in [-0.2, 0) is 4.79 Å². The molecule has 1 aromatic rings. The van der Waals surface area contributed by atoms with Crippen molar-refractivity contribution in [2.75, 3.05) is 12.4 Å². The molecular weight excluding hydrogens is 436 g/mol. The fraction of sp³-hybridized carbons (Fsp3) is 0.583. The molecule has 0 radical (unpaired) electrons. The van der Waals surface area contributed by atoms with Crippen LogP contribution in [0.2, 0.25) is 0 Å². The number of nitrogens with one attached hydrogen (secondary N) is 3. The van der Waals surface area contributed by atoms with Crippen molar-refractivity contribution in [2.45, 2.75) is 76.2 Å². The van der Waals surface area contributed by atoms with Crippen molar-refractivity contribution in [1.29, 1.82) is 0 Å². The van der Waals surface area contributed by atoms with Crippen LogP contribution in [0.15, 0.2) is 41.8 Å². The first-order chi connectivity index (χ1) is 16.2. The number of hydrazone groups is 1. The van der Waals surface area contributed by atoms with Gasteiger partial charge in [0.05, 0.1) is 24.4 Å². The number of fused-ring (bicyclic) bond motifs is 3. The quantitative estimate of drug-likeness (QED) is 0.503. The van der Waals surface area contributed by atoms with Crippen molar-refractivity contribution in [3.8, 4) is 5.75 Å². The molecule has 4 aliphatic rings. The highest BCUT2D eigenvalue weighted by Gasteiger charge is 2.44. The Morgan fingerprint density at radius 2 is 2.06 bits per heavy atom. The van der Waals surface area contributed by atoms with E-state index in [0.717, 1.165) is 49.6 Å². The lowest BCUT2D eigenvalue weighted by molar-refractivity contribution is -0.119. The van der Waals surface area contributed by atoms with Crippen LogP contribution in [0, 0.1) is 0 Å². The number of benzene rings is 1. The third-order valence-electron chi connectivity index (χ3n) is 6.81. The van der Waals surface area contributed by atoms with E-state index in [1.807, 2.05) is 6.20 Å². The van der Waals surface area contributed by atoms with Crippen LogP contribution in [0.1, 0.15) is 63.5 Å². The van der Waals surface area contributed by atoms with Gasteiger partial charge in [0.1, 0.15) is 11.9 Å². The number of nitrogens with zero attached hydrogens (tertiary/aromatic N) is 3. The summed E-state index contributed by atoms with van der Waals surface area (Å²) in [6.07, 6.45) is 12.0. The molecule has 0 spiro atoms. The van der Waals surface area contributed by atoms with E-state index >= 15 is 0 Å². The molecule has 0 aromatic heterocycles. The summed E-state index contributed by atoms with van der Waals surface area (Å²) in [5.74, 6) is 1.43. The second-order valence-electron chi connectivity index (χ2n) is 9.17. The first kappa shape index (κ1) is 22.4. The Labute approximate surface area is 200 Å². The molecule has 8 nitrogen and oxygen atoms in total. The molecule has 0 bridgehead atoms. The van der Waals surface area contributed by atoms with Gasteiger partial charge in [0.15, 0.2) is 5.17 Å². The summed E-state index contributed by atoms with van der Waals surface area (Å²) >= 11 is 1.50. The van der Waals surface area contributed by atoms with Crippen molar-refractivity contribution in [1.82, 2.24) is 26.1 Å². The third kappa shape index (κ3) is 5.09. The molecule has 1 aromatic carbocycles. The number of unbranched alkanes of at least 4 members (excludes halogenated alkanes) is 1. The van der Waals surface area contributed by atoms with Crippen LogP contribution >= 0.6 is 11.8 Å². The molecule has 3 unspecified atom stereocenters. The molecule has 178 valence electrons. The maximum absolute atomic E-state index is 12.3. The lowest BCUT2D eigenvalue weighted by Crippen LogP contribution is -2.54. The molecule has 3 heterocycles. The number of hydrogen-bond acceptors (Lipinski definition) is 8. The average molecular weight is 471 g/mol. The predicted octanol–water partition coefficient (Wildman–Crippen LogP) is 3.26. The molecule has 1 aliphatic carbocycles. The van der Waals surface area contributed by atoms with Crippen LogP contribution in [0.4, 0.5) is 0 Å². The molecule has 1 saturated carbocycles. The Balaban J connectivity index is 1.13. The summed E-state index contributed by atoms with van der Waals surface area (Å²) in [5, 5.41) is 10.7. The third-order valence-corrected chi connectivity index (χ3v) is 7.77. The van der Waals surface area contributed by atoms with E-state index in [4.69, 9.17) is 4.74 Å². The maximum atomic E-state index is 12.3. The monoisotopic (exact) mass is 470 g/mol. The fourth-order valence-corrected chi connectivity index (χ4v) is 5.75. The minimum absolute atomic E-state index is 0.0598. The summed E-state index contributed by atoms with van der Waals surface area (Å²) in [5.41, 5.74) is 8.17. The maximum Gasteiger partial charge on any atom is 0.230 e. The number of thioether (sulfide) groups is 1. The number of hydrazine groups is 1.